The molecule has 2 atom stereocenters. The zero-order chi connectivity index (χ0) is 17.2. The fourth-order valence-electron chi connectivity index (χ4n) is 3.62. The van der Waals surface area contributed by atoms with Crippen LogP contribution >= 0.6 is 11.3 Å². The Balaban J connectivity index is 1.53. The van der Waals surface area contributed by atoms with Crippen LogP contribution in [0.1, 0.15) is 28.6 Å². The summed E-state index contributed by atoms with van der Waals surface area (Å²) < 4.78 is 6.80. The van der Waals surface area contributed by atoms with Crippen molar-refractivity contribution in [3.05, 3.63) is 58.6 Å². The third-order valence-corrected chi connectivity index (χ3v) is 5.77. The van der Waals surface area contributed by atoms with Gasteiger partial charge in [-0.05, 0) is 37.6 Å². The molecule has 4 rings (SSSR count). The highest BCUT2D eigenvalue weighted by Crippen LogP contribution is 2.30. The average molecular weight is 353 g/mol. The van der Waals surface area contributed by atoms with Crippen molar-refractivity contribution in [2.24, 2.45) is 0 Å². The number of hydrogen-bond donors (Lipinski definition) is 2. The summed E-state index contributed by atoms with van der Waals surface area (Å²) in [5, 5.41) is 8.43. The minimum atomic E-state index is 0.359. The molecule has 4 nitrogen and oxygen atoms in total. The summed E-state index contributed by atoms with van der Waals surface area (Å²) in [4.78, 5) is 4.61. The first-order chi connectivity index (χ1) is 12.2. The number of nitrogens with one attached hydrogen (secondary N) is 2. The van der Waals surface area contributed by atoms with Crippen molar-refractivity contribution < 1.29 is 4.74 Å². The second kappa shape index (κ2) is 7.12. The molecule has 0 aliphatic carbocycles. The van der Waals surface area contributed by atoms with Gasteiger partial charge in [-0.15, -0.1) is 11.3 Å². The van der Waals surface area contributed by atoms with Crippen molar-refractivity contribution in [2.75, 3.05) is 13.7 Å². The van der Waals surface area contributed by atoms with Gasteiger partial charge >= 0.3 is 0 Å². The monoisotopic (exact) mass is 353 g/mol. The van der Waals surface area contributed by atoms with Crippen molar-refractivity contribution in [1.29, 1.82) is 0 Å². The highest BCUT2D eigenvalue weighted by atomic mass is 32.1. The molecule has 130 valence electrons. The molecular formula is C20H23N3OS. The molecule has 2 unspecified atom stereocenters. The van der Waals surface area contributed by atoms with E-state index >= 15 is 0 Å². The number of ether oxygens (including phenoxy) is 1. The molecule has 0 spiro atoms. The van der Waals surface area contributed by atoms with Gasteiger partial charge in [-0.2, -0.15) is 0 Å². The molecule has 5 heteroatoms. The third kappa shape index (κ3) is 3.40. The Morgan fingerprint density at radius 3 is 2.92 bits per heavy atom. The molecule has 1 fully saturated rings. The Morgan fingerprint density at radius 2 is 2.12 bits per heavy atom. The van der Waals surface area contributed by atoms with E-state index in [9.17, 15) is 0 Å². The van der Waals surface area contributed by atoms with Crippen LogP contribution in [0.15, 0.2) is 42.5 Å². The second-order valence-corrected chi connectivity index (χ2v) is 7.72. The molecular weight excluding hydrogens is 330 g/mol. The normalized spacial score (nSPS) is 20.2. The highest BCUT2D eigenvalue weighted by molar-refractivity contribution is 7.18. The van der Waals surface area contributed by atoms with Crippen molar-refractivity contribution in [3.63, 3.8) is 0 Å². The van der Waals surface area contributed by atoms with E-state index in [1.54, 1.807) is 18.4 Å². The van der Waals surface area contributed by atoms with Gasteiger partial charge in [0.1, 0.15) is 5.75 Å². The number of aryl methyl sites for hydroxylation is 1. The number of nitrogens with zero attached hydrogens (tertiary/aromatic N) is 1. The first kappa shape index (κ1) is 16.5. The Hall–Kier alpha value is -1.95. The van der Waals surface area contributed by atoms with Gasteiger partial charge in [-0.3, -0.25) is 0 Å². The molecule has 0 radical (unpaired) electrons. The predicted molar refractivity (Wildman–Crippen MR) is 103 cm³/mol. The largest absolute Gasteiger partial charge is 0.496 e. The van der Waals surface area contributed by atoms with E-state index in [1.165, 1.54) is 15.8 Å². The van der Waals surface area contributed by atoms with E-state index in [2.05, 4.69) is 58.1 Å². The topological polar surface area (TPSA) is 46.2 Å². The van der Waals surface area contributed by atoms with Gasteiger partial charge in [0.15, 0.2) is 0 Å². The van der Waals surface area contributed by atoms with Crippen LogP contribution in [-0.4, -0.2) is 24.7 Å². The summed E-state index contributed by atoms with van der Waals surface area (Å²) >= 11 is 1.71. The van der Waals surface area contributed by atoms with Crippen LogP contribution in [0, 0.1) is 6.92 Å². The lowest BCUT2D eigenvalue weighted by Gasteiger charge is -2.22. The molecule has 25 heavy (non-hydrogen) atoms. The van der Waals surface area contributed by atoms with E-state index < -0.39 is 0 Å². The van der Waals surface area contributed by atoms with Crippen LogP contribution in [0.5, 0.6) is 5.75 Å². The van der Waals surface area contributed by atoms with Gasteiger partial charge in [0.25, 0.3) is 0 Å². The average Bonchev–Trinajstić information content (AvgIpc) is 3.24. The van der Waals surface area contributed by atoms with E-state index in [0.29, 0.717) is 12.1 Å². The highest BCUT2D eigenvalue weighted by Gasteiger charge is 2.27. The summed E-state index contributed by atoms with van der Waals surface area (Å²) in [5.41, 5.74) is 3.57. The first-order valence-electron chi connectivity index (χ1n) is 8.70. The molecule has 2 aromatic carbocycles. The van der Waals surface area contributed by atoms with Crippen molar-refractivity contribution in [1.82, 2.24) is 15.6 Å². The smallest absolute Gasteiger partial charge is 0.124 e. The lowest BCUT2D eigenvalue weighted by atomic mass is 10.0. The molecule has 0 saturated carbocycles. The van der Waals surface area contributed by atoms with Crippen LogP contribution < -0.4 is 15.4 Å². The fraction of sp³-hybridized carbons (Fsp3) is 0.350. The Kier molecular flexibility index (Phi) is 4.70. The molecule has 1 aliphatic rings. The molecule has 1 aromatic heterocycles. The molecule has 0 bridgehead atoms. The minimum Gasteiger partial charge on any atom is -0.496 e. The summed E-state index contributed by atoms with van der Waals surface area (Å²) in [6.07, 6.45) is 1.12. The van der Waals surface area contributed by atoms with Crippen LogP contribution in [0.2, 0.25) is 0 Å². The van der Waals surface area contributed by atoms with Crippen LogP contribution in [0.4, 0.5) is 0 Å². The van der Waals surface area contributed by atoms with Crippen molar-refractivity contribution in [3.8, 4) is 5.75 Å². The number of hydrogen-bond acceptors (Lipinski definition) is 5. The maximum absolute atomic E-state index is 5.61. The van der Waals surface area contributed by atoms with Crippen LogP contribution in [0.3, 0.4) is 0 Å². The third-order valence-electron chi connectivity index (χ3n) is 4.83. The number of methoxy groups -OCH3 is 1. The minimum absolute atomic E-state index is 0.359. The number of rotatable bonds is 5. The maximum atomic E-state index is 5.61. The van der Waals surface area contributed by atoms with Crippen LogP contribution in [0.25, 0.3) is 10.2 Å². The SMILES string of the molecule is COc1cc2sc(C)nc2cc1CNC1CCNC1c1ccccc1. The van der Waals surface area contributed by atoms with Crippen molar-refractivity contribution in [2.45, 2.75) is 32.0 Å². The summed E-state index contributed by atoms with van der Waals surface area (Å²) in [5.74, 6) is 0.936. The molecule has 2 N–H and O–H groups in total. The molecule has 1 saturated heterocycles. The van der Waals surface area contributed by atoms with E-state index in [4.69, 9.17) is 4.74 Å². The number of aromatic nitrogens is 1. The van der Waals surface area contributed by atoms with Gasteiger partial charge < -0.3 is 15.4 Å². The van der Waals surface area contributed by atoms with Crippen LogP contribution in [-0.2, 0) is 6.54 Å². The summed E-state index contributed by atoms with van der Waals surface area (Å²) in [6.45, 7) is 3.87. The quantitative estimate of drug-likeness (QED) is 0.732. The lowest BCUT2D eigenvalue weighted by Crippen LogP contribution is -2.34. The summed E-state index contributed by atoms with van der Waals surface area (Å²) in [6, 6.07) is 15.7. The molecule has 2 heterocycles. The van der Waals surface area contributed by atoms with Crippen molar-refractivity contribution >= 4 is 21.6 Å². The second-order valence-electron chi connectivity index (χ2n) is 6.48. The summed E-state index contributed by atoms with van der Waals surface area (Å²) in [7, 11) is 1.74. The van der Waals surface area contributed by atoms with Gasteiger partial charge in [-0.25, -0.2) is 4.98 Å². The zero-order valence-electron chi connectivity index (χ0n) is 14.6. The molecule has 3 aromatic rings. The molecule has 0 amide bonds. The Labute approximate surface area is 152 Å². The lowest BCUT2D eigenvalue weighted by molar-refractivity contribution is 0.402. The zero-order valence-corrected chi connectivity index (χ0v) is 15.4. The first-order valence-corrected chi connectivity index (χ1v) is 9.52. The fourth-order valence-corrected chi connectivity index (χ4v) is 4.45. The van der Waals surface area contributed by atoms with E-state index in [-0.39, 0.29) is 0 Å². The van der Waals surface area contributed by atoms with E-state index in [1.807, 2.05) is 6.92 Å². The number of thiazole rings is 1. The molecule has 1 aliphatic heterocycles. The number of benzene rings is 2. The predicted octanol–water partition coefficient (Wildman–Crippen LogP) is 3.81. The Morgan fingerprint density at radius 1 is 1.28 bits per heavy atom. The standard InChI is InChI=1S/C20H23N3OS/c1-13-23-17-10-15(18(24-2)11-19(17)25-13)12-22-16-8-9-21-20(16)14-6-4-3-5-7-14/h3-7,10-11,16,20-22H,8-9,12H2,1-2H3. The Bertz CT molecular complexity index is 862. The van der Waals surface area contributed by atoms with Gasteiger partial charge in [0.05, 0.1) is 22.3 Å². The maximum Gasteiger partial charge on any atom is 0.124 e. The number of fused-ring (bicyclic) bond motifs is 1. The van der Waals surface area contributed by atoms with E-state index in [0.717, 1.165) is 35.8 Å². The van der Waals surface area contributed by atoms with Gasteiger partial charge in [0, 0.05) is 24.2 Å². The van der Waals surface area contributed by atoms with Gasteiger partial charge in [-0.1, -0.05) is 30.3 Å². The van der Waals surface area contributed by atoms with Gasteiger partial charge in [0.2, 0.25) is 0 Å².